The first-order chi connectivity index (χ1) is 13.6. The van der Waals surface area contributed by atoms with Crippen molar-refractivity contribution in [2.45, 2.75) is 33.7 Å². The maximum atomic E-state index is 4.71. The first-order valence-corrected chi connectivity index (χ1v) is 9.66. The van der Waals surface area contributed by atoms with Crippen molar-refractivity contribution in [2.24, 2.45) is 4.99 Å². The molecule has 6 nitrogen and oxygen atoms in total. The van der Waals surface area contributed by atoms with Crippen molar-refractivity contribution in [3.8, 4) is 5.82 Å². The predicted octanol–water partition coefficient (Wildman–Crippen LogP) is 3.18. The van der Waals surface area contributed by atoms with Crippen LogP contribution >= 0.6 is 0 Å². The molecule has 1 aromatic carbocycles. The summed E-state index contributed by atoms with van der Waals surface area (Å²) >= 11 is 0. The summed E-state index contributed by atoms with van der Waals surface area (Å²) in [5.41, 5.74) is 5.06. The van der Waals surface area contributed by atoms with Gasteiger partial charge in [0.1, 0.15) is 12.1 Å². The second kappa shape index (κ2) is 9.69. The average Bonchev–Trinajstić information content (AvgIpc) is 3.20. The van der Waals surface area contributed by atoms with E-state index in [-0.39, 0.29) is 0 Å². The summed E-state index contributed by atoms with van der Waals surface area (Å²) in [4.78, 5) is 13.2. The van der Waals surface area contributed by atoms with E-state index in [1.54, 1.807) is 18.7 Å². The van der Waals surface area contributed by atoms with Crippen LogP contribution in [0.1, 0.15) is 29.2 Å². The zero-order chi connectivity index (χ0) is 19.8. The molecule has 0 bridgehead atoms. The Kier molecular flexibility index (Phi) is 6.78. The van der Waals surface area contributed by atoms with Crippen molar-refractivity contribution in [3.63, 3.8) is 0 Å². The van der Waals surface area contributed by atoms with Crippen molar-refractivity contribution >= 4 is 5.96 Å². The van der Waals surface area contributed by atoms with Gasteiger partial charge >= 0.3 is 0 Å². The van der Waals surface area contributed by atoms with Crippen LogP contribution in [0.25, 0.3) is 5.82 Å². The summed E-state index contributed by atoms with van der Waals surface area (Å²) in [5, 5.41) is 6.74. The molecular weight excluding hydrogens is 348 g/mol. The summed E-state index contributed by atoms with van der Waals surface area (Å²) in [6, 6.07) is 10.7. The van der Waals surface area contributed by atoms with E-state index in [4.69, 9.17) is 4.99 Å². The first kappa shape index (κ1) is 19.6. The monoisotopic (exact) mass is 376 g/mol. The number of hydrogen-bond acceptors (Lipinski definition) is 3. The topological polar surface area (TPSA) is 67.1 Å². The highest BCUT2D eigenvalue weighted by Crippen LogP contribution is 2.09. The molecule has 0 aliphatic heterocycles. The Balaban J connectivity index is 1.60. The molecule has 0 radical (unpaired) electrons. The van der Waals surface area contributed by atoms with Crippen LogP contribution < -0.4 is 10.6 Å². The Morgan fingerprint density at radius 3 is 2.57 bits per heavy atom. The number of rotatable bonds is 7. The lowest BCUT2D eigenvalue weighted by Crippen LogP contribution is -2.38. The van der Waals surface area contributed by atoms with Gasteiger partial charge in [0.15, 0.2) is 5.96 Å². The van der Waals surface area contributed by atoms with E-state index in [0.717, 1.165) is 36.9 Å². The first-order valence-electron chi connectivity index (χ1n) is 9.66. The molecule has 2 N–H and O–H groups in total. The third-order valence-corrected chi connectivity index (χ3v) is 4.33. The normalized spacial score (nSPS) is 11.5. The van der Waals surface area contributed by atoms with Crippen LogP contribution in [0.2, 0.25) is 0 Å². The van der Waals surface area contributed by atoms with E-state index in [1.165, 1.54) is 16.7 Å². The molecular formula is C22H28N6. The summed E-state index contributed by atoms with van der Waals surface area (Å²) in [5.74, 6) is 1.67. The lowest BCUT2D eigenvalue weighted by Gasteiger charge is -2.12. The van der Waals surface area contributed by atoms with E-state index in [1.807, 2.05) is 22.9 Å². The van der Waals surface area contributed by atoms with Gasteiger partial charge in [0.05, 0.1) is 6.54 Å². The summed E-state index contributed by atoms with van der Waals surface area (Å²) in [7, 11) is 0. The average molecular weight is 377 g/mol. The van der Waals surface area contributed by atoms with Crippen molar-refractivity contribution in [2.75, 3.05) is 13.1 Å². The van der Waals surface area contributed by atoms with E-state index >= 15 is 0 Å². The molecule has 0 saturated carbocycles. The lowest BCUT2D eigenvalue weighted by molar-refractivity contribution is 0.798. The van der Waals surface area contributed by atoms with E-state index in [0.29, 0.717) is 6.54 Å². The molecule has 0 aliphatic rings. The zero-order valence-corrected chi connectivity index (χ0v) is 16.8. The van der Waals surface area contributed by atoms with Gasteiger partial charge in [-0.15, -0.1) is 0 Å². The lowest BCUT2D eigenvalue weighted by atomic mass is 10.1. The summed E-state index contributed by atoms with van der Waals surface area (Å²) < 4.78 is 1.89. The van der Waals surface area contributed by atoms with Crippen LogP contribution in [0.5, 0.6) is 0 Å². The summed E-state index contributed by atoms with van der Waals surface area (Å²) in [6.45, 7) is 8.61. The van der Waals surface area contributed by atoms with Crippen molar-refractivity contribution in [1.82, 2.24) is 25.2 Å². The fourth-order valence-electron chi connectivity index (χ4n) is 3.15. The molecule has 6 heteroatoms. The molecule has 0 saturated heterocycles. The van der Waals surface area contributed by atoms with Gasteiger partial charge in [0.25, 0.3) is 0 Å². The van der Waals surface area contributed by atoms with Crippen LogP contribution in [-0.4, -0.2) is 33.6 Å². The Morgan fingerprint density at radius 1 is 1.04 bits per heavy atom. The quantitative estimate of drug-likeness (QED) is 0.491. The van der Waals surface area contributed by atoms with Gasteiger partial charge in [0, 0.05) is 31.7 Å². The SMILES string of the molecule is CCNC(=NCc1ccnc(-n2ccnc2)c1)NCCc1cc(C)cc(C)c1. The number of pyridine rings is 1. The van der Waals surface area contributed by atoms with Crippen LogP contribution in [0.3, 0.4) is 0 Å². The maximum absolute atomic E-state index is 4.71. The fraction of sp³-hybridized carbons (Fsp3) is 0.318. The molecule has 0 fully saturated rings. The molecule has 0 amide bonds. The second-order valence-corrected chi connectivity index (χ2v) is 6.86. The van der Waals surface area contributed by atoms with Gasteiger partial charge in [-0.05, 0) is 50.5 Å². The highest BCUT2D eigenvalue weighted by atomic mass is 15.2. The maximum Gasteiger partial charge on any atom is 0.191 e. The van der Waals surface area contributed by atoms with E-state index < -0.39 is 0 Å². The molecule has 3 rings (SSSR count). The fourth-order valence-corrected chi connectivity index (χ4v) is 3.15. The van der Waals surface area contributed by atoms with Gasteiger partial charge in [0.2, 0.25) is 0 Å². The number of benzene rings is 1. The summed E-state index contributed by atoms with van der Waals surface area (Å²) in [6.07, 6.45) is 8.14. The second-order valence-electron chi connectivity index (χ2n) is 6.86. The zero-order valence-electron chi connectivity index (χ0n) is 16.8. The number of imidazole rings is 1. The molecule has 146 valence electrons. The van der Waals surface area contributed by atoms with Crippen molar-refractivity contribution in [3.05, 3.63) is 77.5 Å². The number of hydrogen-bond donors (Lipinski definition) is 2. The highest BCUT2D eigenvalue weighted by molar-refractivity contribution is 5.79. The number of nitrogens with one attached hydrogen (secondary N) is 2. The molecule has 0 atom stereocenters. The third kappa shape index (κ3) is 5.67. The van der Waals surface area contributed by atoms with E-state index in [9.17, 15) is 0 Å². The number of aryl methyl sites for hydroxylation is 2. The van der Waals surface area contributed by atoms with Gasteiger partial charge in [-0.1, -0.05) is 29.3 Å². The minimum absolute atomic E-state index is 0.586. The highest BCUT2D eigenvalue weighted by Gasteiger charge is 2.02. The molecule has 28 heavy (non-hydrogen) atoms. The van der Waals surface area contributed by atoms with Gasteiger partial charge in [-0.25, -0.2) is 15.0 Å². The van der Waals surface area contributed by atoms with Gasteiger partial charge in [-0.2, -0.15) is 0 Å². The number of aliphatic imine (C=N–C) groups is 1. The Bertz CT molecular complexity index is 894. The predicted molar refractivity (Wildman–Crippen MR) is 114 cm³/mol. The molecule has 0 unspecified atom stereocenters. The Morgan fingerprint density at radius 2 is 1.86 bits per heavy atom. The largest absolute Gasteiger partial charge is 0.357 e. The number of aromatic nitrogens is 3. The van der Waals surface area contributed by atoms with Crippen molar-refractivity contribution in [1.29, 1.82) is 0 Å². The standard InChI is InChI=1S/C22H28N6/c1-4-24-22(26-8-5-19-12-17(2)11-18(3)13-19)27-15-20-6-7-25-21(14-20)28-10-9-23-16-28/h6-7,9-14,16H,4-5,8,15H2,1-3H3,(H2,24,26,27). The number of guanidine groups is 1. The molecule has 3 aromatic rings. The minimum atomic E-state index is 0.586. The number of nitrogens with zero attached hydrogens (tertiary/aromatic N) is 4. The van der Waals surface area contributed by atoms with Crippen molar-refractivity contribution < 1.29 is 0 Å². The molecule has 2 heterocycles. The van der Waals surface area contributed by atoms with Gasteiger partial charge < -0.3 is 10.6 Å². The van der Waals surface area contributed by atoms with Crippen LogP contribution in [0.4, 0.5) is 0 Å². The minimum Gasteiger partial charge on any atom is -0.357 e. The smallest absolute Gasteiger partial charge is 0.191 e. The van der Waals surface area contributed by atoms with Crippen LogP contribution in [-0.2, 0) is 13.0 Å². The third-order valence-electron chi connectivity index (χ3n) is 4.33. The van der Waals surface area contributed by atoms with E-state index in [2.05, 4.69) is 59.6 Å². The Labute approximate surface area is 166 Å². The van der Waals surface area contributed by atoms with Gasteiger partial charge in [-0.3, -0.25) is 4.57 Å². The molecule has 0 spiro atoms. The molecule has 0 aliphatic carbocycles. The van der Waals surface area contributed by atoms with Crippen LogP contribution in [0, 0.1) is 13.8 Å². The van der Waals surface area contributed by atoms with Crippen LogP contribution in [0.15, 0.2) is 60.2 Å². The Hall–Kier alpha value is -3.15. The molecule has 2 aromatic heterocycles.